The van der Waals surface area contributed by atoms with Gasteiger partial charge >= 0.3 is 0 Å². The molecule has 102 valence electrons. The molecule has 0 radical (unpaired) electrons. The molecule has 0 amide bonds. The summed E-state index contributed by atoms with van der Waals surface area (Å²) >= 11 is 0. The van der Waals surface area contributed by atoms with Gasteiger partial charge in [-0.05, 0) is 43.2 Å². The minimum absolute atomic E-state index is 0.0193. The summed E-state index contributed by atoms with van der Waals surface area (Å²) in [6.07, 6.45) is 1.49. The van der Waals surface area contributed by atoms with Crippen LogP contribution < -0.4 is 5.56 Å². The molecule has 0 saturated heterocycles. The summed E-state index contributed by atoms with van der Waals surface area (Å²) in [6.45, 7) is 3.64. The molecule has 2 rings (SSSR count). The smallest absolute Gasteiger partial charge is 0.267 e. The molecular weight excluding hydrogens is 258 g/mol. The Morgan fingerprint density at radius 3 is 2.40 bits per heavy atom. The molecule has 0 atom stereocenters. The lowest BCUT2D eigenvalue weighted by Crippen LogP contribution is -2.18. The number of aryl methyl sites for hydroxylation is 2. The van der Waals surface area contributed by atoms with Crippen LogP contribution in [0.4, 0.5) is 5.69 Å². The number of nitro benzene ring substituents is 1. The van der Waals surface area contributed by atoms with Gasteiger partial charge in [0.25, 0.3) is 11.2 Å². The molecule has 6 heteroatoms. The van der Waals surface area contributed by atoms with Gasteiger partial charge in [-0.25, -0.2) is 4.68 Å². The van der Waals surface area contributed by atoms with Crippen LogP contribution in [-0.2, 0) is 0 Å². The molecule has 0 spiro atoms. The lowest BCUT2D eigenvalue weighted by molar-refractivity contribution is -0.384. The number of hydrogen-bond donors (Lipinski definition) is 0. The second kappa shape index (κ2) is 5.48. The van der Waals surface area contributed by atoms with Crippen LogP contribution in [0.1, 0.15) is 16.8 Å². The summed E-state index contributed by atoms with van der Waals surface area (Å²) in [5, 5.41) is 14.6. The van der Waals surface area contributed by atoms with E-state index in [1.54, 1.807) is 19.1 Å². The van der Waals surface area contributed by atoms with Crippen LogP contribution in [0.3, 0.4) is 0 Å². The zero-order valence-electron chi connectivity index (χ0n) is 11.1. The number of nitrogens with zero attached hydrogens (tertiary/aromatic N) is 3. The molecule has 6 nitrogen and oxygen atoms in total. The maximum atomic E-state index is 11.8. The van der Waals surface area contributed by atoms with Crippen molar-refractivity contribution in [3.63, 3.8) is 0 Å². The molecule has 0 aliphatic carbocycles. The Hall–Kier alpha value is -2.76. The molecule has 1 aromatic heterocycles. The van der Waals surface area contributed by atoms with E-state index in [0.29, 0.717) is 5.56 Å². The molecule has 0 bridgehead atoms. The predicted octanol–water partition coefficient (Wildman–Crippen LogP) is 2.26. The van der Waals surface area contributed by atoms with Gasteiger partial charge in [0.15, 0.2) is 0 Å². The van der Waals surface area contributed by atoms with E-state index in [1.165, 1.54) is 29.1 Å². The van der Waals surface area contributed by atoms with E-state index in [4.69, 9.17) is 0 Å². The summed E-state index contributed by atoms with van der Waals surface area (Å²) in [5.41, 5.74) is 2.11. The third kappa shape index (κ3) is 2.97. The van der Waals surface area contributed by atoms with E-state index in [-0.39, 0.29) is 11.2 Å². The van der Waals surface area contributed by atoms with Gasteiger partial charge in [-0.3, -0.25) is 14.9 Å². The van der Waals surface area contributed by atoms with Crippen LogP contribution in [0, 0.1) is 24.0 Å². The molecule has 1 heterocycles. The van der Waals surface area contributed by atoms with Crippen LogP contribution >= 0.6 is 0 Å². The predicted molar refractivity (Wildman–Crippen MR) is 76.3 cm³/mol. The van der Waals surface area contributed by atoms with E-state index in [0.717, 1.165) is 11.3 Å². The van der Waals surface area contributed by atoms with Gasteiger partial charge in [-0.15, -0.1) is 0 Å². The van der Waals surface area contributed by atoms with Gasteiger partial charge in [0, 0.05) is 23.9 Å². The molecule has 0 aliphatic rings. The number of benzene rings is 1. The minimum atomic E-state index is -0.463. The number of pyridine rings is 1. The van der Waals surface area contributed by atoms with E-state index in [2.05, 4.69) is 5.10 Å². The van der Waals surface area contributed by atoms with E-state index < -0.39 is 4.92 Å². The van der Waals surface area contributed by atoms with E-state index in [1.807, 2.05) is 13.0 Å². The highest BCUT2D eigenvalue weighted by molar-refractivity contribution is 5.79. The lowest BCUT2D eigenvalue weighted by Gasteiger charge is -2.03. The average molecular weight is 271 g/mol. The fraction of sp³-hybridized carbons (Fsp3) is 0.143. The highest BCUT2D eigenvalue weighted by Gasteiger charge is 2.03. The summed E-state index contributed by atoms with van der Waals surface area (Å²) in [7, 11) is 0. The number of aromatic nitrogens is 1. The molecule has 2 aromatic rings. The van der Waals surface area contributed by atoms with Gasteiger partial charge in [0.2, 0.25) is 0 Å². The Morgan fingerprint density at radius 1 is 1.20 bits per heavy atom. The zero-order valence-corrected chi connectivity index (χ0v) is 11.1. The minimum Gasteiger partial charge on any atom is -0.267 e. The third-order valence-electron chi connectivity index (χ3n) is 2.76. The first-order valence-electron chi connectivity index (χ1n) is 5.96. The summed E-state index contributed by atoms with van der Waals surface area (Å²) < 4.78 is 1.29. The number of rotatable bonds is 3. The zero-order chi connectivity index (χ0) is 14.7. The third-order valence-corrected chi connectivity index (χ3v) is 2.76. The Kier molecular flexibility index (Phi) is 3.74. The molecule has 0 aliphatic heterocycles. The van der Waals surface area contributed by atoms with Crippen molar-refractivity contribution in [2.24, 2.45) is 5.10 Å². The van der Waals surface area contributed by atoms with Gasteiger partial charge in [0.1, 0.15) is 0 Å². The van der Waals surface area contributed by atoms with Gasteiger partial charge in [-0.1, -0.05) is 0 Å². The van der Waals surface area contributed by atoms with Crippen molar-refractivity contribution in [2.75, 3.05) is 0 Å². The van der Waals surface area contributed by atoms with Gasteiger partial charge < -0.3 is 0 Å². The summed E-state index contributed by atoms with van der Waals surface area (Å²) in [5.74, 6) is 0. The van der Waals surface area contributed by atoms with Crippen LogP contribution in [0.2, 0.25) is 0 Å². The van der Waals surface area contributed by atoms with Crippen LogP contribution in [0.5, 0.6) is 0 Å². The number of non-ortho nitro benzene ring substituents is 1. The average Bonchev–Trinajstić information content (AvgIpc) is 2.38. The fourth-order valence-corrected chi connectivity index (χ4v) is 1.82. The van der Waals surface area contributed by atoms with Crippen molar-refractivity contribution in [3.05, 3.63) is 73.7 Å². The largest absolute Gasteiger partial charge is 0.271 e. The monoisotopic (exact) mass is 271 g/mol. The standard InChI is InChI=1S/C14H13N3O3/c1-10-7-11(2)16(14(18)8-10)15-9-12-3-5-13(6-4-12)17(19)20/h3-9H,1-2H3/b15-9+. The number of nitro groups is 1. The van der Waals surface area contributed by atoms with Crippen molar-refractivity contribution in [1.82, 2.24) is 4.68 Å². The van der Waals surface area contributed by atoms with Crippen molar-refractivity contribution < 1.29 is 4.92 Å². The Labute approximate surface area is 115 Å². The molecule has 0 fully saturated rings. The first kappa shape index (κ1) is 13.7. The van der Waals surface area contributed by atoms with Crippen LogP contribution in [0.25, 0.3) is 0 Å². The second-order valence-corrected chi connectivity index (χ2v) is 4.42. The molecule has 0 unspecified atom stereocenters. The van der Waals surface area contributed by atoms with Crippen LogP contribution in [0.15, 0.2) is 46.3 Å². The lowest BCUT2D eigenvalue weighted by atomic mass is 10.2. The Bertz CT molecular complexity index is 730. The highest BCUT2D eigenvalue weighted by Crippen LogP contribution is 2.10. The van der Waals surface area contributed by atoms with Crippen molar-refractivity contribution >= 4 is 11.9 Å². The first-order chi connectivity index (χ1) is 9.47. The van der Waals surface area contributed by atoms with E-state index >= 15 is 0 Å². The number of hydrogen-bond acceptors (Lipinski definition) is 4. The highest BCUT2D eigenvalue weighted by atomic mass is 16.6. The molecule has 0 N–H and O–H groups in total. The SMILES string of the molecule is Cc1cc(C)n(/N=C/c2ccc([N+](=O)[O-])cc2)c(=O)c1. The first-order valence-corrected chi connectivity index (χ1v) is 5.96. The van der Waals surface area contributed by atoms with E-state index in [9.17, 15) is 14.9 Å². The molecule has 20 heavy (non-hydrogen) atoms. The topological polar surface area (TPSA) is 77.5 Å². The normalized spacial score (nSPS) is 10.9. The maximum Gasteiger partial charge on any atom is 0.271 e. The molecule has 0 saturated carbocycles. The maximum absolute atomic E-state index is 11.8. The van der Waals surface area contributed by atoms with Crippen molar-refractivity contribution in [2.45, 2.75) is 13.8 Å². The van der Waals surface area contributed by atoms with Gasteiger partial charge in [0.05, 0.1) is 11.1 Å². The molecule has 1 aromatic carbocycles. The fourth-order valence-electron chi connectivity index (χ4n) is 1.82. The summed E-state index contributed by atoms with van der Waals surface area (Å²) in [6, 6.07) is 9.30. The summed E-state index contributed by atoms with van der Waals surface area (Å²) in [4.78, 5) is 21.9. The molecular formula is C14H13N3O3. The quantitative estimate of drug-likeness (QED) is 0.488. The van der Waals surface area contributed by atoms with Crippen molar-refractivity contribution in [1.29, 1.82) is 0 Å². The van der Waals surface area contributed by atoms with Crippen molar-refractivity contribution in [3.8, 4) is 0 Å². The Balaban J connectivity index is 2.30. The second-order valence-electron chi connectivity index (χ2n) is 4.42. The Morgan fingerprint density at radius 2 is 1.85 bits per heavy atom. The van der Waals surface area contributed by atoms with Crippen LogP contribution in [-0.4, -0.2) is 15.8 Å². The van der Waals surface area contributed by atoms with Gasteiger partial charge in [-0.2, -0.15) is 5.10 Å².